The van der Waals surface area contributed by atoms with Gasteiger partial charge in [-0.3, -0.25) is 0 Å². The Balaban J connectivity index is 2.28. The summed E-state index contributed by atoms with van der Waals surface area (Å²) in [6.07, 6.45) is 1.43. The Morgan fingerprint density at radius 1 is 1.33 bits per heavy atom. The van der Waals surface area contributed by atoms with Gasteiger partial charge in [0.2, 0.25) is 12.0 Å². The Morgan fingerprint density at radius 2 is 2.06 bits per heavy atom. The standard InChI is InChI=1S/C12H9ClN2O3/c13-9-6-14-7-15-11(9)18-10(12(16)17)8-4-2-1-3-5-8/h1-7,10H,(H,16,17). The molecule has 0 aliphatic carbocycles. The second-order valence-corrected chi connectivity index (χ2v) is 3.83. The number of carboxylic acids is 1. The average molecular weight is 265 g/mol. The number of rotatable bonds is 4. The molecule has 1 atom stereocenters. The van der Waals surface area contributed by atoms with E-state index >= 15 is 0 Å². The lowest BCUT2D eigenvalue weighted by atomic mass is 10.1. The summed E-state index contributed by atoms with van der Waals surface area (Å²) in [6.45, 7) is 0. The van der Waals surface area contributed by atoms with Crippen LogP contribution in [0.2, 0.25) is 5.02 Å². The molecule has 1 aromatic carbocycles. The third-order valence-electron chi connectivity index (χ3n) is 2.19. The van der Waals surface area contributed by atoms with Gasteiger partial charge in [0, 0.05) is 5.56 Å². The number of benzene rings is 1. The van der Waals surface area contributed by atoms with Crippen LogP contribution in [0.4, 0.5) is 0 Å². The van der Waals surface area contributed by atoms with Gasteiger partial charge < -0.3 is 9.84 Å². The highest BCUT2D eigenvalue weighted by molar-refractivity contribution is 6.31. The molecule has 0 spiro atoms. The molecule has 18 heavy (non-hydrogen) atoms. The fraction of sp³-hybridized carbons (Fsp3) is 0.0833. The summed E-state index contributed by atoms with van der Waals surface area (Å²) < 4.78 is 5.31. The minimum Gasteiger partial charge on any atom is -0.478 e. The smallest absolute Gasteiger partial charge is 0.349 e. The molecule has 5 nitrogen and oxygen atoms in total. The Kier molecular flexibility index (Phi) is 3.74. The number of aromatic nitrogens is 2. The molecule has 0 bridgehead atoms. The molecular formula is C12H9ClN2O3. The van der Waals surface area contributed by atoms with Gasteiger partial charge in [0.05, 0.1) is 6.20 Å². The van der Waals surface area contributed by atoms with E-state index in [2.05, 4.69) is 9.97 Å². The zero-order valence-electron chi connectivity index (χ0n) is 9.15. The topological polar surface area (TPSA) is 72.3 Å². The highest BCUT2D eigenvalue weighted by Crippen LogP contribution is 2.25. The predicted molar refractivity (Wildman–Crippen MR) is 64.5 cm³/mol. The van der Waals surface area contributed by atoms with Crippen LogP contribution < -0.4 is 4.74 Å². The number of hydrogen-bond acceptors (Lipinski definition) is 4. The van der Waals surface area contributed by atoms with Gasteiger partial charge >= 0.3 is 5.97 Å². The molecule has 92 valence electrons. The highest BCUT2D eigenvalue weighted by Gasteiger charge is 2.23. The summed E-state index contributed by atoms with van der Waals surface area (Å²) in [5, 5.41) is 9.33. The van der Waals surface area contributed by atoms with E-state index < -0.39 is 12.1 Å². The Bertz CT molecular complexity index is 548. The summed E-state index contributed by atoms with van der Waals surface area (Å²) >= 11 is 5.82. The van der Waals surface area contributed by atoms with E-state index in [4.69, 9.17) is 21.4 Å². The van der Waals surface area contributed by atoms with Crippen LogP contribution in [0.5, 0.6) is 5.88 Å². The molecule has 1 aromatic heterocycles. The minimum absolute atomic E-state index is 0.0444. The Morgan fingerprint density at radius 3 is 2.67 bits per heavy atom. The highest BCUT2D eigenvalue weighted by atomic mass is 35.5. The van der Waals surface area contributed by atoms with Crippen molar-refractivity contribution in [1.29, 1.82) is 0 Å². The van der Waals surface area contributed by atoms with Crippen LogP contribution in [0.25, 0.3) is 0 Å². The molecule has 0 aliphatic heterocycles. The maximum absolute atomic E-state index is 11.2. The molecule has 6 heteroatoms. The number of aliphatic carboxylic acids is 1. The summed E-state index contributed by atoms with van der Waals surface area (Å²) in [5.74, 6) is -1.07. The lowest BCUT2D eigenvalue weighted by Gasteiger charge is -2.14. The first kappa shape index (κ1) is 12.3. The number of carbonyl (C=O) groups is 1. The fourth-order valence-corrected chi connectivity index (χ4v) is 1.54. The van der Waals surface area contributed by atoms with Gasteiger partial charge in [0.15, 0.2) is 0 Å². The van der Waals surface area contributed by atoms with Crippen LogP contribution in [0.15, 0.2) is 42.9 Å². The van der Waals surface area contributed by atoms with E-state index in [1.807, 2.05) is 0 Å². The lowest BCUT2D eigenvalue weighted by Crippen LogP contribution is -2.18. The van der Waals surface area contributed by atoms with Crippen molar-refractivity contribution in [3.63, 3.8) is 0 Å². The third-order valence-corrected chi connectivity index (χ3v) is 2.45. The second kappa shape index (κ2) is 5.46. The molecule has 0 saturated heterocycles. The van der Waals surface area contributed by atoms with Gasteiger partial charge in [-0.1, -0.05) is 41.9 Å². The lowest BCUT2D eigenvalue weighted by molar-refractivity contribution is -0.145. The number of carboxylic acid groups (broad SMARTS) is 1. The van der Waals surface area contributed by atoms with Crippen molar-refractivity contribution in [2.45, 2.75) is 6.10 Å². The SMILES string of the molecule is O=C(O)C(Oc1ncncc1Cl)c1ccccc1. The number of nitrogens with zero attached hydrogens (tertiary/aromatic N) is 2. The van der Waals surface area contributed by atoms with E-state index in [-0.39, 0.29) is 10.9 Å². The van der Waals surface area contributed by atoms with Crippen molar-refractivity contribution in [3.05, 3.63) is 53.4 Å². The molecular weight excluding hydrogens is 256 g/mol. The number of halogens is 1. The fourth-order valence-electron chi connectivity index (χ4n) is 1.39. The molecule has 0 amide bonds. The number of ether oxygens (including phenoxy) is 1. The van der Waals surface area contributed by atoms with Gasteiger partial charge in [0.1, 0.15) is 11.3 Å². The molecule has 1 unspecified atom stereocenters. The summed E-state index contributed by atoms with van der Waals surface area (Å²) in [7, 11) is 0. The van der Waals surface area contributed by atoms with Gasteiger partial charge in [-0.15, -0.1) is 0 Å². The molecule has 0 fully saturated rings. The van der Waals surface area contributed by atoms with Crippen molar-refractivity contribution in [2.75, 3.05) is 0 Å². The third kappa shape index (κ3) is 2.75. The molecule has 0 saturated carbocycles. The van der Waals surface area contributed by atoms with E-state index in [0.29, 0.717) is 5.56 Å². The van der Waals surface area contributed by atoms with Gasteiger partial charge in [-0.25, -0.2) is 14.8 Å². The summed E-state index contributed by atoms with van der Waals surface area (Å²) in [5.41, 5.74) is 0.514. The quantitative estimate of drug-likeness (QED) is 0.918. The molecule has 2 rings (SSSR count). The molecule has 1 N–H and O–H groups in total. The largest absolute Gasteiger partial charge is 0.478 e. The maximum atomic E-state index is 11.2. The molecule has 0 radical (unpaired) electrons. The van der Waals surface area contributed by atoms with Crippen molar-refractivity contribution in [1.82, 2.24) is 9.97 Å². The predicted octanol–water partition coefficient (Wildman–Crippen LogP) is 2.33. The van der Waals surface area contributed by atoms with Crippen molar-refractivity contribution < 1.29 is 14.6 Å². The monoisotopic (exact) mass is 264 g/mol. The second-order valence-electron chi connectivity index (χ2n) is 3.42. The maximum Gasteiger partial charge on any atom is 0.349 e. The van der Waals surface area contributed by atoms with E-state index in [1.165, 1.54) is 12.5 Å². The van der Waals surface area contributed by atoms with Gasteiger partial charge in [-0.05, 0) is 0 Å². The number of hydrogen-bond donors (Lipinski definition) is 1. The zero-order chi connectivity index (χ0) is 13.0. The minimum atomic E-state index is -1.15. The van der Waals surface area contributed by atoms with Crippen LogP contribution in [0, 0.1) is 0 Å². The first-order valence-electron chi connectivity index (χ1n) is 5.08. The van der Waals surface area contributed by atoms with Crippen LogP contribution in [-0.4, -0.2) is 21.0 Å². The van der Waals surface area contributed by atoms with Crippen LogP contribution >= 0.6 is 11.6 Å². The molecule has 1 heterocycles. The van der Waals surface area contributed by atoms with Crippen LogP contribution in [0.3, 0.4) is 0 Å². The average Bonchev–Trinajstić information content (AvgIpc) is 2.38. The Labute approximate surface area is 108 Å². The van der Waals surface area contributed by atoms with Crippen molar-refractivity contribution in [3.8, 4) is 5.88 Å². The summed E-state index contributed by atoms with van der Waals surface area (Å²) in [6, 6.07) is 8.58. The molecule has 2 aromatic rings. The van der Waals surface area contributed by atoms with Gasteiger partial charge in [-0.2, -0.15) is 0 Å². The first-order chi connectivity index (χ1) is 8.68. The summed E-state index contributed by atoms with van der Waals surface area (Å²) in [4.78, 5) is 18.7. The zero-order valence-corrected chi connectivity index (χ0v) is 9.91. The van der Waals surface area contributed by atoms with E-state index in [9.17, 15) is 4.79 Å². The van der Waals surface area contributed by atoms with Crippen LogP contribution in [0.1, 0.15) is 11.7 Å². The first-order valence-corrected chi connectivity index (χ1v) is 5.46. The van der Waals surface area contributed by atoms with Gasteiger partial charge in [0.25, 0.3) is 0 Å². The van der Waals surface area contributed by atoms with Crippen molar-refractivity contribution >= 4 is 17.6 Å². The van der Waals surface area contributed by atoms with E-state index in [1.54, 1.807) is 30.3 Å². The Hall–Kier alpha value is -2.14. The van der Waals surface area contributed by atoms with Crippen molar-refractivity contribution in [2.24, 2.45) is 0 Å². The van der Waals surface area contributed by atoms with Crippen LogP contribution in [-0.2, 0) is 4.79 Å². The molecule has 0 aliphatic rings. The normalized spacial score (nSPS) is 11.8. The van der Waals surface area contributed by atoms with E-state index in [0.717, 1.165) is 0 Å².